The molecule has 0 fully saturated rings. The molecule has 0 spiro atoms. The molecule has 0 aliphatic rings. The summed E-state index contributed by atoms with van der Waals surface area (Å²) in [6, 6.07) is 6.75. The van der Waals surface area contributed by atoms with Crippen molar-refractivity contribution in [3.63, 3.8) is 0 Å². The van der Waals surface area contributed by atoms with Gasteiger partial charge in [0.05, 0.1) is 19.0 Å². The maximum Gasteiger partial charge on any atom is 0.305 e. The minimum Gasteiger partial charge on any atom is -0.481 e. The van der Waals surface area contributed by atoms with Crippen molar-refractivity contribution >= 4 is 29.5 Å². The molecule has 0 bridgehead atoms. The molecule has 7 heteroatoms. The number of benzene rings is 1. The maximum atomic E-state index is 12.1. The summed E-state index contributed by atoms with van der Waals surface area (Å²) in [5.74, 6) is -1.16. The summed E-state index contributed by atoms with van der Waals surface area (Å²) in [6.07, 6.45) is 2.87. The van der Waals surface area contributed by atoms with Gasteiger partial charge in [0.15, 0.2) is 0 Å². The van der Waals surface area contributed by atoms with Crippen LogP contribution in [0.2, 0.25) is 0 Å². The number of rotatable bonds is 10. The maximum absolute atomic E-state index is 12.1. The number of carbonyl (C=O) groups is 3. The Kier molecular flexibility index (Phi) is 9.05. The van der Waals surface area contributed by atoms with Gasteiger partial charge >= 0.3 is 5.97 Å². The van der Waals surface area contributed by atoms with E-state index in [1.807, 2.05) is 32.2 Å². The van der Waals surface area contributed by atoms with Gasteiger partial charge in [0, 0.05) is 11.3 Å². The predicted molar refractivity (Wildman–Crippen MR) is 98.4 cm³/mol. The quantitative estimate of drug-likeness (QED) is 0.553. The monoisotopic (exact) mass is 366 g/mol. The zero-order chi connectivity index (χ0) is 18.8. The normalized spacial score (nSPS) is 11.8. The van der Waals surface area contributed by atoms with Crippen LogP contribution in [0.4, 0.5) is 0 Å². The Bertz CT molecular complexity index is 587. The zero-order valence-corrected chi connectivity index (χ0v) is 15.7. The van der Waals surface area contributed by atoms with Crippen LogP contribution in [-0.4, -0.2) is 35.7 Å². The number of nitrogens with one attached hydrogen (secondary N) is 2. The first-order valence-electron chi connectivity index (χ1n) is 8.23. The van der Waals surface area contributed by atoms with Crippen molar-refractivity contribution in [2.75, 3.05) is 12.8 Å². The van der Waals surface area contributed by atoms with Gasteiger partial charge in [0.2, 0.25) is 11.8 Å². The van der Waals surface area contributed by atoms with E-state index in [0.717, 1.165) is 16.9 Å². The molecule has 2 amide bonds. The van der Waals surface area contributed by atoms with Gasteiger partial charge in [-0.3, -0.25) is 14.4 Å². The van der Waals surface area contributed by atoms with Gasteiger partial charge in [-0.15, -0.1) is 11.8 Å². The molecule has 1 rings (SSSR count). The SMILES string of the molecule is CSc1ccc(C(CC(=O)O)NC(=O)CNC(=O)CCC(C)C)cc1. The van der Waals surface area contributed by atoms with E-state index in [1.165, 1.54) is 0 Å². The van der Waals surface area contributed by atoms with Crippen molar-refractivity contribution in [3.05, 3.63) is 29.8 Å². The highest BCUT2D eigenvalue weighted by atomic mass is 32.2. The number of thioether (sulfide) groups is 1. The fraction of sp³-hybridized carbons (Fsp3) is 0.500. The van der Waals surface area contributed by atoms with E-state index in [2.05, 4.69) is 10.6 Å². The van der Waals surface area contributed by atoms with Crippen molar-refractivity contribution in [2.24, 2.45) is 5.92 Å². The van der Waals surface area contributed by atoms with Crippen molar-refractivity contribution in [1.29, 1.82) is 0 Å². The second-order valence-corrected chi connectivity index (χ2v) is 7.08. The summed E-state index contributed by atoms with van der Waals surface area (Å²) < 4.78 is 0. The molecular formula is C18H26N2O4S. The number of hydrogen-bond acceptors (Lipinski definition) is 4. The molecule has 0 aliphatic heterocycles. The van der Waals surface area contributed by atoms with Crippen LogP contribution in [-0.2, 0) is 14.4 Å². The molecular weight excluding hydrogens is 340 g/mol. The van der Waals surface area contributed by atoms with E-state index in [0.29, 0.717) is 12.3 Å². The Morgan fingerprint density at radius 2 is 1.76 bits per heavy atom. The zero-order valence-electron chi connectivity index (χ0n) is 14.9. The lowest BCUT2D eigenvalue weighted by molar-refractivity contribution is -0.138. The summed E-state index contributed by atoms with van der Waals surface area (Å²) in [5, 5.41) is 14.3. The minimum absolute atomic E-state index is 0.157. The minimum atomic E-state index is -1.000. The third-order valence-electron chi connectivity index (χ3n) is 3.63. The first kappa shape index (κ1) is 21.0. The first-order valence-corrected chi connectivity index (χ1v) is 9.46. The number of hydrogen-bond donors (Lipinski definition) is 3. The van der Waals surface area contributed by atoms with Crippen LogP contribution in [0, 0.1) is 5.92 Å². The highest BCUT2D eigenvalue weighted by Gasteiger charge is 2.18. The van der Waals surface area contributed by atoms with Crippen LogP contribution >= 0.6 is 11.8 Å². The molecule has 0 heterocycles. The topological polar surface area (TPSA) is 95.5 Å². The van der Waals surface area contributed by atoms with Crippen molar-refractivity contribution in [3.8, 4) is 0 Å². The summed E-state index contributed by atoms with van der Waals surface area (Å²) >= 11 is 1.58. The molecule has 138 valence electrons. The standard InChI is InChI=1S/C18H26N2O4S/c1-12(2)4-9-16(21)19-11-17(22)20-15(10-18(23)24)13-5-7-14(25-3)8-6-13/h5-8,12,15H,4,9-11H2,1-3H3,(H,19,21)(H,20,22)(H,23,24). The van der Waals surface area contributed by atoms with Gasteiger partial charge in [-0.25, -0.2) is 0 Å². The van der Waals surface area contributed by atoms with E-state index in [-0.39, 0.29) is 18.9 Å². The van der Waals surface area contributed by atoms with Gasteiger partial charge < -0.3 is 15.7 Å². The summed E-state index contributed by atoms with van der Waals surface area (Å²) in [7, 11) is 0. The fourth-order valence-corrected chi connectivity index (χ4v) is 2.60. The Balaban J connectivity index is 2.60. The van der Waals surface area contributed by atoms with Crippen molar-refractivity contribution < 1.29 is 19.5 Å². The predicted octanol–water partition coefficient (Wildman–Crippen LogP) is 2.59. The van der Waals surface area contributed by atoms with Crippen LogP contribution < -0.4 is 10.6 Å². The second kappa shape index (κ2) is 10.8. The molecule has 25 heavy (non-hydrogen) atoms. The van der Waals surface area contributed by atoms with E-state index in [4.69, 9.17) is 5.11 Å². The number of carboxylic acid groups (broad SMARTS) is 1. The highest BCUT2D eigenvalue weighted by molar-refractivity contribution is 7.98. The van der Waals surface area contributed by atoms with Gasteiger partial charge in [-0.05, 0) is 36.3 Å². The molecule has 0 radical (unpaired) electrons. The Labute approximate surface area is 152 Å². The molecule has 1 unspecified atom stereocenters. The lowest BCUT2D eigenvalue weighted by Crippen LogP contribution is -2.39. The van der Waals surface area contributed by atoms with E-state index in [1.54, 1.807) is 23.9 Å². The van der Waals surface area contributed by atoms with Crippen LogP contribution in [0.3, 0.4) is 0 Å². The number of carbonyl (C=O) groups excluding carboxylic acids is 2. The molecule has 1 atom stereocenters. The number of aliphatic carboxylic acids is 1. The van der Waals surface area contributed by atoms with E-state index >= 15 is 0 Å². The van der Waals surface area contributed by atoms with Gasteiger partial charge in [0.1, 0.15) is 0 Å². The first-order chi connectivity index (χ1) is 11.8. The van der Waals surface area contributed by atoms with Crippen molar-refractivity contribution in [2.45, 2.75) is 44.0 Å². The Morgan fingerprint density at radius 3 is 2.28 bits per heavy atom. The van der Waals surface area contributed by atoms with Crippen LogP contribution in [0.5, 0.6) is 0 Å². The fourth-order valence-electron chi connectivity index (χ4n) is 2.20. The summed E-state index contributed by atoms with van der Waals surface area (Å²) in [5.41, 5.74) is 0.722. The van der Waals surface area contributed by atoms with Crippen LogP contribution in [0.25, 0.3) is 0 Å². The Morgan fingerprint density at radius 1 is 1.12 bits per heavy atom. The molecule has 0 saturated heterocycles. The van der Waals surface area contributed by atoms with E-state index in [9.17, 15) is 14.4 Å². The van der Waals surface area contributed by atoms with Gasteiger partial charge in [0.25, 0.3) is 0 Å². The van der Waals surface area contributed by atoms with Crippen LogP contribution in [0.15, 0.2) is 29.2 Å². The second-order valence-electron chi connectivity index (χ2n) is 6.20. The van der Waals surface area contributed by atoms with Crippen molar-refractivity contribution in [1.82, 2.24) is 10.6 Å². The molecule has 0 aromatic heterocycles. The molecule has 3 N–H and O–H groups in total. The number of carboxylic acids is 1. The smallest absolute Gasteiger partial charge is 0.305 e. The average molecular weight is 366 g/mol. The third kappa shape index (κ3) is 8.58. The molecule has 0 saturated carbocycles. The molecule has 0 aliphatic carbocycles. The van der Waals surface area contributed by atoms with Gasteiger partial charge in [-0.1, -0.05) is 26.0 Å². The third-order valence-corrected chi connectivity index (χ3v) is 4.37. The average Bonchev–Trinajstić information content (AvgIpc) is 2.57. The lowest BCUT2D eigenvalue weighted by atomic mass is 10.0. The van der Waals surface area contributed by atoms with Crippen LogP contribution in [0.1, 0.15) is 44.7 Å². The summed E-state index contributed by atoms with van der Waals surface area (Å²) in [4.78, 5) is 35.9. The van der Waals surface area contributed by atoms with E-state index < -0.39 is 17.9 Å². The van der Waals surface area contributed by atoms with Gasteiger partial charge in [-0.2, -0.15) is 0 Å². The summed E-state index contributed by atoms with van der Waals surface area (Å²) in [6.45, 7) is 3.90. The molecule has 1 aromatic carbocycles. The molecule has 6 nitrogen and oxygen atoms in total. The molecule has 1 aromatic rings. The lowest BCUT2D eigenvalue weighted by Gasteiger charge is -2.18. The Hall–Kier alpha value is -2.02. The highest BCUT2D eigenvalue weighted by Crippen LogP contribution is 2.21. The largest absolute Gasteiger partial charge is 0.481 e. The number of amides is 2.